The third-order valence-electron chi connectivity index (χ3n) is 4.09. The van der Waals surface area contributed by atoms with Gasteiger partial charge in [-0.2, -0.15) is 0 Å². The van der Waals surface area contributed by atoms with Crippen molar-refractivity contribution in [2.24, 2.45) is 0 Å². The quantitative estimate of drug-likeness (QED) is 0.800. The summed E-state index contributed by atoms with van der Waals surface area (Å²) in [7, 11) is 1.56. The molecule has 0 aliphatic carbocycles. The first-order chi connectivity index (χ1) is 10.5. The van der Waals surface area contributed by atoms with Crippen LogP contribution in [0.3, 0.4) is 0 Å². The highest BCUT2D eigenvalue weighted by atomic mass is 16.5. The molecule has 1 heterocycles. The molecule has 2 amide bonds. The van der Waals surface area contributed by atoms with Gasteiger partial charge >= 0.3 is 0 Å². The van der Waals surface area contributed by atoms with Crippen LogP contribution in [0.1, 0.15) is 29.8 Å². The molecule has 1 aliphatic rings. The van der Waals surface area contributed by atoms with E-state index in [1.165, 1.54) is 4.90 Å². The van der Waals surface area contributed by atoms with E-state index in [0.717, 1.165) is 5.56 Å². The van der Waals surface area contributed by atoms with Crippen molar-refractivity contribution in [3.63, 3.8) is 0 Å². The van der Waals surface area contributed by atoms with Crippen molar-refractivity contribution in [2.75, 3.05) is 12.0 Å². The highest BCUT2D eigenvalue weighted by Gasteiger charge is 2.45. The van der Waals surface area contributed by atoms with Gasteiger partial charge in [0.1, 0.15) is 5.75 Å². The molecule has 112 valence electrons. The van der Waals surface area contributed by atoms with Gasteiger partial charge in [-0.15, -0.1) is 0 Å². The first kappa shape index (κ1) is 14.3. The number of hydrogen-bond acceptors (Lipinski definition) is 3. The molecule has 0 aromatic heterocycles. The van der Waals surface area contributed by atoms with Crippen molar-refractivity contribution in [1.82, 2.24) is 0 Å². The van der Waals surface area contributed by atoms with Crippen LogP contribution in [0.25, 0.3) is 0 Å². The van der Waals surface area contributed by atoms with Crippen LogP contribution in [-0.2, 0) is 10.2 Å². The van der Waals surface area contributed by atoms with Crippen molar-refractivity contribution < 1.29 is 14.3 Å². The third-order valence-corrected chi connectivity index (χ3v) is 4.09. The number of rotatable bonds is 2. The monoisotopic (exact) mass is 295 g/mol. The van der Waals surface area contributed by atoms with Crippen LogP contribution in [0.2, 0.25) is 0 Å². The number of hydrogen-bond donors (Lipinski definition) is 0. The van der Waals surface area contributed by atoms with Gasteiger partial charge in [-0.1, -0.05) is 24.3 Å². The minimum Gasteiger partial charge on any atom is -0.497 e. The number of benzene rings is 2. The highest BCUT2D eigenvalue weighted by Crippen LogP contribution is 2.38. The van der Waals surface area contributed by atoms with Crippen molar-refractivity contribution in [3.05, 3.63) is 59.7 Å². The molecule has 2 aromatic rings. The lowest BCUT2D eigenvalue weighted by Gasteiger charge is -2.37. The Hall–Kier alpha value is -2.62. The summed E-state index contributed by atoms with van der Waals surface area (Å²) in [5.41, 5.74) is 1.05. The molecule has 0 radical (unpaired) electrons. The number of amides is 2. The summed E-state index contributed by atoms with van der Waals surface area (Å²) >= 11 is 0. The molecule has 2 aromatic carbocycles. The van der Waals surface area contributed by atoms with Gasteiger partial charge in [0.2, 0.25) is 5.91 Å². The van der Waals surface area contributed by atoms with Crippen molar-refractivity contribution in [1.29, 1.82) is 0 Å². The normalized spacial score (nSPS) is 16.4. The van der Waals surface area contributed by atoms with Crippen molar-refractivity contribution in [2.45, 2.75) is 19.3 Å². The van der Waals surface area contributed by atoms with Crippen LogP contribution in [0.15, 0.2) is 48.5 Å². The SMILES string of the molecule is COc1ccc2c(c1)C(=O)N(c1ccccc1)C(=O)C2(C)C. The Morgan fingerprint density at radius 1 is 1.00 bits per heavy atom. The van der Waals surface area contributed by atoms with Crippen molar-refractivity contribution in [3.8, 4) is 5.75 Å². The predicted octanol–water partition coefficient (Wildman–Crippen LogP) is 3.16. The first-order valence-corrected chi connectivity index (χ1v) is 7.09. The lowest BCUT2D eigenvalue weighted by Crippen LogP contribution is -2.52. The number of methoxy groups -OCH3 is 1. The molecular formula is C18H17NO3. The van der Waals surface area contributed by atoms with E-state index in [4.69, 9.17) is 4.74 Å². The lowest BCUT2D eigenvalue weighted by molar-refractivity contribution is -0.122. The fourth-order valence-electron chi connectivity index (χ4n) is 2.79. The molecule has 0 atom stereocenters. The summed E-state index contributed by atoms with van der Waals surface area (Å²) in [6.07, 6.45) is 0. The van der Waals surface area contributed by atoms with Crippen LogP contribution in [0, 0.1) is 0 Å². The van der Waals surface area contributed by atoms with Gasteiger partial charge < -0.3 is 4.74 Å². The maximum atomic E-state index is 12.8. The molecule has 3 rings (SSSR count). The molecular weight excluding hydrogens is 278 g/mol. The largest absolute Gasteiger partial charge is 0.497 e. The Bertz CT molecular complexity index is 750. The number of para-hydroxylation sites is 1. The zero-order valence-electron chi connectivity index (χ0n) is 12.8. The van der Waals surface area contributed by atoms with Gasteiger partial charge in [-0.05, 0) is 43.7 Å². The average molecular weight is 295 g/mol. The topological polar surface area (TPSA) is 46.6 Å². The summed E-state index contributed by atoms with van der Waals surface area (Å²) in [5, 5.41) is 0. The molecule has 0 spiro atoms. The zero-order chi connectivity index (χ0) is 15.9. The van der Waals surface area contributed by atoms with E-state index in [-0.39, 0.29) is 11.8 Å². The molecule has 1 aliphatic heterocycles. The maximum absolute atomic E-state index is 12.8. The highest BCUT2D eigenvalue weighted by molar-refractivity contribution is 6.27. The molecule has 4 heteroatoms. The summed E-state index contributed by atoms with van der Waals surface area (Å²) < 4.78 is 5.21. The van der Waals surface area contributed by atoms with Gasteiger partial charge in [-0.3, -0.25) is 9.59 Å². The molecule has 0 saturated heterocycles. The van der Waals surface area contributed by atoms with Crippen LogP contribution in [0.5, 0.6) is 5.75 Å². The molecule has 0 fully saturated rings. The smallest absolute Gasteiger partial charge is 0.265 e. The van der Waals surface area contributed by atoms with Crippen LogP contribution in [0.4, 0.5) is 5.69 Å². The molecule has 22 heavy (non-hydrogen) atoms. The number of carbonyl (C=O) groups is 2. The number of anilines is 1. The minimum atomic E-state index is -0.772. The van der Waals surface area contributed by atoms with E-state index in [9.17, 15) is 9.59 Å². The maximum Gasteiger partial charge on any atom is 0.265 e. The van der Waals surface area contributed by atoms with Gasteiger partial charge in [0.15, 0.2) is 0 Å². The Balaban J connectivity index is 2.21. The minimum absolute atomic E-state index is 0.221. The number of nitrogens with zero attached hydrogens (tertiary/aromatic N) is 1. The number of ether oxygens (including phenoxy) is 1. The fourth-order valence-corrected chi connectivity index (χ4v) is 2.79. The Labute approximate surface area is 129 Å². The van der Waals surface area contributed by atoms with E-state index in [1.54, 1.807) is 37.4 Å². The van der Waals surface area contributed by atoms with E-state index in [0.29, 0.717) is 17.0 Å². The van der Waals surface area contributed by atoms with Crippen LogP contribution >= 0.6 is 0 Å². The molecule has 0 N–H and O–H groups in total. The number of carbonyl (C=O) groups excluding carboxylic acids is 2. The van der Waals surface area contributed by atoms with E-state index < -0.39 is 5.41 Å². The number of fused-ring (bicyclic) bond motifs is 1. The Kier molecular flexibility index (Phi) is 3.24. The summed E-state index contributed by atoms with van der Waals surface area (Å²) in [6.45, 7) is 3.67. The fraction of sp³-hybridized carbons (Fsp3) is 0.222. The average Bonchev–Trinajstić information content (AvgIpc) is 2.54. The van der Waals surface area contributed by atoms with Crippen molar-refractivity contribution >= 4 is 17.5 Å². The second-order valence-corrected chi connectivity index (χ2v) is 5.82. The molecule has 0 saturated carbocycles. The summed E-state index contributed by atoms with van der Waals surface area (Å²) in [6, 6.07) is 14.3. The Morgan fingerprint density at radius 3 is 2.32 bits per heavy atom. The van der Waals surface area contributed by atoms with Gasteiger partial charge in [0.05, 0.1) is 18.2 Å². The van der Waals surface area contributed by atoms with E-state index in [1.807, 2.05) is 32.0 Å². The second kappa shape index (κ2) is 4.98. The first-order valence-electron chi connectivity index (χ1n) is 7.09. The van der Waals surface area contributed by atoms with Gasteiger partial charge in [-0.25, -0.2) is 4.90 Å². The van der Waals surface area contributed by atoms with Gasteiger partial charge in [0, 0.05) is 5.56 Å². The number of imide groups is 1. The van der Waals surface area contributed by atoms with Crippen LogP contribution in [-0.4, -0.2) is 18.9 Å². The molecule has 0 bridgehead atoms. The summed E-state index contributed by atoms with van der Waals surface area (Å²) in [4.78, 5) is 26.9. The predicted molar refractivity (Wildman–Crippen MR) is 84.3 cm³/mol. The van der Waals surface area contributed by atoms with Gasteiger partial charge in [0.25, 0.3) is 5.91 Å². The molecule has 0 unspecified atom stereocenters. The van der Waals surface area contributed by atoms with Crippen LogP contribution < -0.4 is 9.64 Å². The summed E-state index contributed by atoms with van der Waals surface area (Å²) in [5.74, 6) is 0.0658. The third kappa shape index (κ3) is 1.99. The Morgan fingerprint density at radius 2 is 1.68 bits per heavy atom. The van der Waals surface area contributed by atoms with E-state index in [2.05, 4.69) is 0 Å². The lowest BCUT2D eigenvalue weighted by atomic mass is 9.77. The zero-order valence-corrected chi connectivity index (χ0v) is 12.8. The molecule has 4 nitrogen and oxygen atoms in total. The second-order valence-electron chi connectivity index (χ2n) is 5.82. The van der Waals surface area contributed by atoms with E-state index >= 15 is 0 Å². The standard InChI is InChI=1S/C18H17NO3/c1-18(2)15-10-9-13(22-3)11-14(15)16(20)19(17(18)21)12-7-5-4-6-8-12/h4-11H,1-3H3.